The van der Waals surface area contributed by atoms with Gasteiger partial charge in [-0.05, 0) is 25.1 Å². The molecule has 8 heteroatoms. The largest absolute Gasteiger partial charge is 0.493 e. The van der Waals surface area contributed by atoms with Gasteiger partial charge in [-0.2, -0.15) is 0 Å². The second-order valence-electron chi connectivity index (χ2n) is 5.92. The minimum Gasteiger partial charge on any atom is -0.493 e. The Morgan fingerprint density at radius 2 is 2.12 bits per heavy atom. The van der Waals surface area contributed by atoms with Crippen molar-refractivity contribution in [3.8, 4) is 5.88 Å². The van der Waals surface area contributed by atoms with E-state index in [1.54, 1.807) is 25.3 Å². The first-order chi connectivity index (χ1) is 11.9. The SMILES string of the molecule is C[C@@H](O)[C@@H](N)c1nc(C=C2C=Nc3cccc(N)c32)c(O)n1CCO. The van der Waals surface area contributed by atoms with Crippen LogP contribution in [0.3, 0.4) is 0 Å². The zero-order valence-corrected chi connectivity index (χ0v) is 13.8. The van der Waals surface area contributed by atoms with Crippen molar-refractivity contribution < 1.29 is 15.3 Å². The molecule has 2 atom stereocenters. The highest BCUT2D eigenvalue weighted by Gasteiger charge is 2.24. The smallest absolute Gasteiger partial charge is 0.219 e. The summed E-state index contributed by atoms with van der Waals surface area (Å²) < 4.78 is 1.39. The normalized spacial score (nSPS) is 17.0. The Morgan fingerprint density at radius 3 is 2.80 bits per heavy atom. The van der Waals surface area contributed by atoms with Crippen molar-refractivity contribution in [2.45, 2.75) is 25.6 Å². The molecule has 0 saturated heterocycles. The molecular formula is C17H21N5O3. The molecule has 0 saturated carbocycles. The number of hydrogen-bond donors (Lipinski definition) is 5. The summed E-state index contributed by atoms with van der Waals surface area (Å²) in [5.41, 5.74) is 15.1. The van der Waals surface area contributed by atoms with Crippen molar-refractivity contribution in [3.63, 3.8) is 0 Å². The van der Waals surface area contributed by atoms with Gasteiger partial charge in [0.1, 0.15) is 11.5 Å². The molecule has 0 radical (unpaired) electrons. The van der Waals surface area contributed by atoms with Gasteiger partial charge >= 0.3 is 0 Å². The number of nitrogen functional groups attached to an aromatic ring is 1. The number of imidazole rings is 1. The van der Waals surface area contributed by atoms with Gasteiger partial charge in [0, 0.05) is 23.0 Å². The highest BCUT2D eigenvalue weighted by atomic mass is 16.3. The number of rotatable bonds is 5. The number of allylic oxidation sites excluding steroid dienone is 1. The zero-order valence-electron chi connectivity index (χ0n) is 13.8. The molecule has 25 heavy (non-hydrogen) atoms. The summed E-state index contributed by atoms with van der Waals surface area (Å²) in [6.45, 7) is 1.46. The van der Waals surface area contributed by atoms with E-state index in [1.807, 2.05) is 12.1 Å². The van der Waals surface area contributed by atoms with Crippen molar-refractivity contribution in [2.24, 2.45) is 10.7 Å². The molecule has 1 aliphatic rings. The van der Waals surface area contributed by atoms with Crippen LogP contribution in [0.15, 0.2) is 23.2 Å². The maximum absolute atomic E-state index is 10.5. The van der Waals surface area contributed by atoms with Crippen LogP contribution in [0, 0.1) is 0 Å². The molecule has 0 amide bonds. The molecule has 2 heterocycles. The lowest BCUT2D eigenvalue weighted by atomic mass is 10.0. The standard InChI is InChI=1S/C17H21N5O3/c1-9(24)15(19)16-21-13(17(25)22(16)5-6-23)7-10-8-20-12-4-2-3-11(18)14(10)12/h2-4,7-9,15,23-25H,5-6,18-19H2,1H3/t9-,15-/m1/s1. The Morgan fingerprint density at radius 1 is 1.36 bits per heavy atom. The predicted molar refractivity (Wildman–Crippen MR) is 96.5 cm³/mol. The molecule has 132 valence electrons. The van der Waals surface area contributed by atoms with Crippen LogP contribution < -0.4 is 11.5 Å². The number of aromatic hydroxyl groups is 1. The second-order valence-corrected chi connectivity index (χ2v) is 5.92. The van der Waals surface area contributed by atoms with Crippen molar-refractivity contribution in [1.82, 2.24) is 9.55 Å². The Balaban J connectivity index is 2.08. The second kappa shape index (κ2) is 6.67. The highest BCUT2D eigenvalue weighted by molar-refractivity contribution is 6.23. The summed E-state index contributed by atoms with van der Waals surface area (Å²) in [6.07, 6.45) is 2.46. The van der Waals surface area contributed by atoms with E-state index < -0.39 is 12.1 Å². The number of anilines is 1. The number of aliphatic hydroxyl groups excluding tert-OH is 2. The molecule has 0 fully saturated rings. The fourth-order valence-electron chi connectivity index (χ4n) is 2.81. The maximum Gasteiger partial charge on any atom is 0.219 e. The van der Waals surface area contributed by atoms with Crippen LogP contribution >= 0.6 is 0 Å². The first kappa shape index (κ1) is 17.2. The monoisotopic (exact) mass is 343 g/mol. The third kappa shape index (κ3) is 3.02. The van der Waals surface area contributed by atoms with Crippen LogP contribution in [-0.2, 0) is 6.54 Å². The van der Waals surface area contributed by atoms with E-state index in [4.69, 9.17) is 11.5 Å². The number of hydrogen-bond acceptors (Lipinski definition) is 7. The lowest BCUT2D eigenvalue weighted by Gasteiger charge is -2.15. The first-order valence-corrected chi connectivity index (χ1v) is 7.92. The number of nitrogens with two attached hydrogens (primary N) is 2. The minimum absolute atomic E-state index is 0.116. The summed E-state index contributed by atoms with van der Waals surface area (Å²) in [5, 5.41) is 29.5. The van der Waals surface area contributed by atoms with E-state index in [2.05, 4.69) is 9.98 Å². The molecule has 0 spiro atoms. The highest BCUT2D eigenvalue weighted by Crippen LogP contribution is 2.37. The summed E-state index contributed by atoms with van der Waals surface area (Å²) >= 11 is 0. The zero-order chi connectivity index (χ0) is 18.1. The molecule has 0 bridgehead atoms. The summed E-state index contributed by atoms with van der Waals surface area (Å²) in [4.78, 5) is 8.66. The molecular weight excluding hydrogens is 322 g/mol. The van der Waals surface area contributed by atoms with Crippen molar-refractivity contribution >= 4 is 29.2 Å². The summed E-state index contributed by atoms with van der Waals surface area (Å²) in [6, 6.07) is 4.66. The topological polar surface area (TPSA) is 143 Å². The van der Waals surface area contributed by atoms with E-state index in [-0.39, 0.29) is 24.7 Å². The van der Waals surface area contributed by atoms with Crippen molar-refractivity contribution in [1.29, 1.82) is 0 Å². The summed E-state index contributed by atoms with van der Waals surface area (Å²) in [7, 11) is 0. The molecule has 1 aromatic heterocycles. The van der Waals surface area contributed by atoms with Crippen molar-refractivity contribution in [3.05, 3.63) is 35.3 Å². The first-order valence-electron chi connectivity index (χ1n) is 7.92. The van der Waals surface area contributed by atoms with Crippen LogP contribution in [0.4, 0.5) is 11.4 Å². The van der Waals surface area contributed by atoms with Gasteiger partial charge in [-0.1, -0.05) is 6.07 Å². The van der Waals surface area contributed by atoms with E-state index in [9.17, 15) is 15.3 Å². The molecule has 2 aromatic rings. The number of nitrogens with zero attached hydrogens (tertiary/aromatic N) is 3. The van der Waals surface area contributed by atoms with Gasteiger partial charge in [-0.25, -0.2) is 4.98 Å². The lowest BCUT2D eigenvalue weighted by molar-refractivity contribution is 0.156. The van der Waals surface area contributed by atoms with E-state index in [0.29, 0.717) is 17.1 Å². The molecule has 0 aliphatic carbocycles. The van der Waals surface area contributed by atoms with E-state index >= 15 is 0 Å². The van der Waals surface area contributed by atoms with Crippen LogP contribution in [0.2, 0.25) is 0 Å². The average Bonchev–Trinajstić information content (AvgIpc) is 3.12. The van der Waals surface area contributed by atoms with Gasteiger partial charge < -0.3 is 26.8 Å². The molecule has 3 rings (SSSR count). The number of aliphatic hydroxyl groups is 2. The van der Waals surface area contributed by atoms with Gasteiger partial charge in [0.2, 0.25) is 5.88 Å². The Kier molecular flexibility index (Phi) is 4.58. The Hall–Kier alpha value is -2.68. The third-order valence-corrected chi connectivity index (χ3v) is 4.14. The van der Waals surface area contributed by atoms with E-state index in [1.165, 1.54) is 4.57 Å². The van der Waals surface area contributed by atoms with Gasteiger partial charge in [-0.3, -0.25) is 9.56 Å². The van der Waals surface area contributed by atoms with Crippen LogP contribution in [-0.4, -0.2) is 43.8 Å². The van der Waals surface area contributed by atoms with Gasteiger partial charge in [-0.15, -0.1) is 0 Å². The van der Waals surface area contributed by atoms with Crippen LogP contribution in [0.25, 0.3) is 11.6 Å². The molecule has 1 aromatic carbocycles. The Labute approximate surface area is 144 Å². The van der Waals surface area contributed by atoms with Gasteiger partial charge in [0.05, 0.1) is 31.0 Å². The lowest BCUT2D eigenvalue weighted by Crippen LogP contribution is -2.27. The minimum atomic E-state index is -0.857. The molecule has 7 N–H and O–H groups in total. The fraction of sp³-hybridized carbons (Fsp3) is 0.294. The van der Waals surface area contributed by atoms with Crippen LogP contribution in [0.5, 0.6) is 5.88 Å². The van der Waals surface area contributed by atoms with Gasteiger partial charge in [0.25, 0.3) is 0 Å². The maximum atomic E-state index is 10.5. The van der Waals surface area contributed by atoms with Crippen LogP contribution in [0.1, 0.15) is 30.0 Å². The third-order valence-electron chi connectivity index (χ3n) is 4.14. The number of fused-ring (bicyclic) bond motifs is 1. The average molecular weight is 343 g/mol. The fourth-order valence-corrected chi connectivity index (χ4v) is 2.81. The number of aliphatic imine (C=N–C) groups is 1. The van der Waals surface area contributed by atoms with E-state index in [0.717, 1.165) is 11.3 Å². The Bertz CT molecular complexity index is 854. The van der Waals surface area contributed by atoms with Crippen molar-refractivity contribution in [2.75, 3.05) is 12.3 Å². The predicted octanol–water partition coefficient (Wildman–Crippen LogP) is 0.800. The number of benzene rings is 1. The number of aromatic nitrogens is 2. The quantitative estimate of drug-likeness (QED) is 0.508. The summed E-state index contributed by atoms with van der Waals surface area (Å²) in [5.74, 6) is 0.161. The van der Waals surface area contributed by atoms with Gasteiger partial charge in [0.15, 0.2) is 0 Å². The molecule has 0 unspecified atom stereocenters. The molecule has 8 nitrogen and oxygen atoms in total. The molecule has 1 aliphatic heterocycles.